The van der Waals surface area contributed by atoms with E-state index in [2.05, 4.69) is 15.3 Å². The van der Waals surface area contributed by atoms with E-state index in [0.717, 1.165) is 34.7 Å². The second-order valence-corrected chi connectivity index (χ2v) is 9.18. The number of rotatable bonds is 7. The number of alkyl halides is 3. The molecule has 1 amide bonds. The highest BCUT2D eigenvalue weighted by Crippen LogP contribution is 2.34. The molecule has 3 rings (SSSR count). The van der Waals surface area contributed by atoms with Gasteiger partial charge < -0.3 is 10.1 Å². The van der Waals surface area contributed by atoms with Crippen molar-refractivity contribution < 1.29 is 27.5 Å². The Morgan fingerprint density at radius 2 is 1.89 bits per heavy atom. The Balaban J connectivity index is 1.81. The van der Waals surface area contributed by atoms with Crippen molar-refractivity contribution in [3.05, 3.63) is 57.6 Å². The largest absolute Gasteiger partial charge is 0.462 e. The third kappa shape index (κ3) is 6.37. The standard InChI is InChI=1S/C23H19F3N4O3S2/c1-4-33-21(32)19-13(3)15(10-27)20(35-19)30-18(31)11-34-22-28-16(9-17(29-22)23(24,25)26)14-7-5-12(2)6-8-14/h5-9H,4,11H2,1-3H3,(H,30,31). The Bertz CT molecular complexity index is 1300. The molecule has 35 heavy (non-hydrogen) atoms. The number of thiophene rings is 1. The maximum absolute atomic E-state index is 13.4. The monoisotopic (exact) mass is 520 g/mol. The van der Waals surface area contributed by atoms with Crippen molar-refractivity contribution in [2.24, 2.45) is 0 Å². The summed E-state index contributed by atoms with van der Waals surface area (Å²) in [6.07, 6.45) is -4.69. The van der Waals surface area contributed by atoms with Crippen LogP contribution < -0.4 is 5.32 Å². The number of benzene rings is 1. The zero-order valence-corrected chi connectivity index (χ0v) is 20.5. The lowest BCUT2D eigenvalue weighted by Crippen LogP contribution is -2.15. The first-order valence-corrected chi connectivity index (χ1v) is 12.0. The second-order valence-electron chi connectivity index (χ2n) is 7.21. The molecular weight excluding hydrogens is 501 g/mol. The normalized spacial score (nSPS) is 11.1. The van der Waals surface area contributed by atoms with Gasteiger partial charge in [0.15, 0.2) is 5.16 Å². The van der Waals surface area contributed by atoms with Gasteiger partial charge in [0.05, 0.1) is 23.6 Å². The van der Waals surface area contributed by atoms with E-state index in [4.69, 9.17) is 4.74 Å². The molecule has 1 aromatic carbocycles. The third-order valence-corrected chi connectivity index (χ3v) is 6.68. The van der Waals surface area contributed by atoms with Crippen molar-refractivity contribution in [2.75, 3.05) is 17.7 Å². The van der Waals surface area contributed by atoms with Gasteiger partial charge in [-0.3, -0.25) is 4.79 Å². The van der Waals surface area contributed by atoms with Crippen molar-refractivity contribution in [1.29, 1.82) is 5.26 Å². The maximum atomic E-state index is 13.4. The molecule has 0 aliphatic carbocycles. The molecule has 7 nitrogen and oxygen atoms in total. The number of amides is 1. The maximum Gasteiger partial charge on any atom is 0.433 e. The lowest BCUT2D eigenvalue weighted by Gasteiger charge is -2.11. The minimum Gasteiger partial charge on any atom is -0.462 e. The van der Waals surface area contributed by atoms with Crippen LogP contribution in [0.3, 0.4) is 0 Å². The number of hydrogen-bond acceptors (Lipinski definition) is 8. The fourth-order valence-electron chi connectivity index (χ4n) is 2.93. The van der Waals surface area contributed by atoms with Crippen molar-refractivity contribution in [3.8, 4) is 17.3 Å². The van der Waals surface area contributed by atoms with Gasteiger partial charge in [0.1, 0.15) is 21.6 Å². The van der Waals surface area contributed by atoms with E-state index in [-0.39, 0.29) is 38.7 Å². The number of ether oxygens (including phenoxy) is 1. The predicted molar refractivity (Wildman–Crippen MR) is 126 cm³/mol. The number of nitrogens with one attached hydrogen (secondary N) is 1. The molecule has 0 bridgehead atoms. The SMILES string of the molecule is CCOC(=O)c1sc(NC(=O)CSc2nc(-c3ccc(C)cc3)cc(C(F)(F)F)n2)c(C#N)c1C. The Kier molecular flexibility index (Phi) is 8.14. The summed E-state index contributed by atoms with van der Waals surface area (Å²) in [5.41, 5.74) is 0.878. The van der Waals surface area contributed by atoms with Gasteiger partial charge in [-0.05, 0) is 32.4 Å². The van der Waals surface area contributed by atoms with Crippen LogP contribution >= 0.6 is 23.1 Å². The molecule has 1 N–H and O–H groups in total. The Morgan fingerprint density at radius 1 is 1.20 bits per heavy atom. The molecule has 0 aliphatic rings. The highest BCUT2D eigenvalue weighted by atomic mass is 32.2. The number of halogens is 3. The molecular formula is C23H19F3N4O3S2. The first-order valence-electron chi connectivity index (χ1n) is 10.2. The van der Waals surface area contributed by atoms with Crippen molar-refractivity contribution in [2.45, 2.75) is 32.1 Å². The van der Waals surface area contributed by atoms with Gasteiger partial charge in [-0.1, -0.05) is 41.6 Å². The van der Waals surface area contributed by atoms with Gasteiger partial charge >= 0.3 is 12.1 Å². The summed E-state index contributed by atoms with van der Waals surface area (Å²) in [4.78, 5) is 32.5. The molecule has 0 fully saturated rings. The van der Waals surface area contributed by atoms with Crippen LogP contribution in [-0.4, -0.2) is 34.2 Å². The fraction of sp³-hybridized carbons (Fsp3) is 0.261. The molecule has 0 radical (unpaired) electrons. The van der Waals surface area contributed by atoms with Crippen LogP contribution in [-0.2, 0) is 15.7 Å². The van der Waals surface area contributed by atoms with Gasteiger partial charge in [-0.25, -0.2) is 14.8 Å². The lowest BCUT2D eigenvalue weighted by atomic mass is 10.1. The summed E-state index contributed by atoms with van der Waals surface area (Å²) in [6, 6.07) is 9.63. The van der Waals surface area contributed by atoms with Gasteiger partial charge in [0.2, 0.25) is 5.91 Å². The van der Waals surface area contributed by atoms with Gasteiger partial charge in [-0.15, -0.1) is 11.3 Å². The average Bonchev–Trinajstić information content (AvgIpc) is 3.12. The smallest absolute Gasteiger partial charge is 0.433 e. The van der Waals surface area contributed by atoms with Crippen molar-refractivity contribution in [1.82, 2.24) is 9.97 Å². The lowest BCUT2D eigenvalue weighted by molar-refractivity contribution is -0.141. The first-order chi connectivity index (χ1) is 16.5. The molecule has 0 spiro atoms. The summed E-state index contributed by atoms with van der Waals surface area (Å²) in [7, 11) is 0. The van der Waals surface area contributed by atoms with E-state index in [1.807, 2.05) is 13.0 Å². The molecule has 182 valence electrons. The zero-order valence-electron chi connectivity index (χ0n) is 18.8. The number of anilines is 1. The number of nitriles is 1. The Labute approximate surface area is 207 Å². The molecule has 2 heterocycles. The molecule has 2 aromatic heterocycles. The van der Waals surface area contributed by atoms with Crippen LogP contribution in [0, 0.1) is 25.2 Å². The van der Waals surface area contributed by atoms with Gasteiger partial charge in [0, 0.05) is 5.56 Å². The topological polar surface area (TPSA) is 105 Å². The van der Waals surface area contributed by atoms with Crippen LogP contribution in [0.15, 0.2) is 35.5 Å². The minimum absolute atomic E-state index is 0.0787. The van der Waals surface area contributed by atoms with E-state index in [0.29, 0.717) is 11.1 Å². The quantitative estimate of drug-likeness (QED) is 0.245. The molecule has 12 heteroatoms. The van der Waals surface area contributed by atoms with Crippen LogP contribution in [0.5, 0.6) is 0 Å². The number of aryl methyl sites for hydroxylation is 1. The summed E-state index contributed by atoms with van der Waals surface area (Å²) in [5.74, 6) is -1.52. The van der Waals surface area contributed by atoms with Crippen LogP contribution in [0.25, 0.3) is 11.3 Å². The number of carbonyl (C=O) groups excluding carboxylic acids is 2. The number of thioether (sulfide) groups is 1. The first kappa shape index (κ1) is 26.2. The number of aromatic nitrogens is 2. The zero-order chi connectivity index (χ0) is 25.8. The number of esters is 1. The number of carbonyl (C=O) groups is 2. The van der Waals surface area contributed by atoms with E-state index >= 15 is 0 Å². The Morgan fingerprint density at radius 3 is 2.49 bits per heavy atom. The Hall–Kier alpha value is -3.43. The molecule has 0 saturated heterocycles. The summed E-state index contributed by atoms with van der Waals surface area (Å²) < 4.78 is 45.2. The van der Waals surface area contributed by atoms with E-state index in [1.54, 1.807) is 38.1 Å². The number of hydrogen-bond donors (Lipinski definition) is 1. The van der Waals surface area contributed by atoms with Crippen LogP contribution in [0.1, 0.15) is 39.0 Å². The van der Waals surface area contributed by atoms with E-state index in [9.17, 15) is 28.0 Å². The summed E-state index contributed by atoms with van der Waals surface area (Å²) in [5, 5.41) is 11.9. The van der Waals surface area contributed by atoms with Crippen molar-refractivity contribution >= 4 is 40.0 Å². The molecule has 3 aromatic rings. The minimum atomic E-state index is -4.69. The second kappa shape index (κ2) is 10.9. The molecule has 0 unspecified atom stereocenters. The average molecular weight is 521 g/mol. The van der Waals surface area contributed by atoms with Crippen molar-refractivity contribution in [3.63, 3.8) is 0 Å². The summed E-state index contributed by atoms with van der Waals surface area (Å²) >= 11 is 1.62. The summed E-state index contributed by atoms with van der Waals surface area (Å²) in [6.45, 7) is 5.21. The molecule has 0 saturated carbocycles. The van der Waals surface area contributed by atoms with Gasteiger partial charge in [0.25, 0.3) is 0 Å². The van der Waals surface area contributed by atoms with Crippen LogP contribution in [0.4, 0.5) is 18.2 Å². The van der Waals surface area contributed by atoms with E-state index in [1.165, 1.54) is 0 Å². The fourth-order valence-corrected chi connectivity index (χ4v) is 4.65. The highest BCUT2D eigenvalue weighted by Gasteiger charge is 2.34. The highest BCUT2D eigenvalue weighted by molar-refractivity contribution is 7.99. The van der Waals surface area contributed by atoms with Crippen LogP contribution in [0.2, 0.25) is 0 Å². The molecule has 0 aliphatic heterocycles. The third-order valence-electron chi connectivity index (χ3n) is 4.65. The van der Waals surface area contributed by atoms with E-state index < -0.39 is 23.7 Å². The predicted octanol–water partition coefficient (Wildman–Crippen LogP) is 5.62. The molecule has 0 atom stereocenters. The van der Waals surface area contributed by atoms with Gasteiger partial charge in [-0.2, -0.15) is 18.4 Å². The number of nitrogens with zero attached hydrogens (tertiary/aromatic N) is 3.